The van der Waals surface area contributed by atoms with Crippen LogP contribution in [0.15, 0.2) is 65.7 Å². The Hall–Kier alpha value is -3.39. The summed E-state index contributed by atoms with van der Waals surface area (Å²) in [6.07, 6.45) is 2.05. The van der Waals surface area contributed by atoms with Crippen LogP contribution in [0.5, 0.6) is 0 Å². The van der Waals surface area contributed by atoms with E-state index in [1.54, 1.807) is 22.7 Å². The molecule has 1 N–H and O–H groups in total. The summed E-state index contributed by atoms with van der Waals surface area (Å²) in [5.41, 5.74) is 2.63. The lowest BCUT2D eigenvalue weighted by Crippen LogP contribution is -2.29. The third-order valence-corrected chi connectivity index (χ3v) is 7.46. The van der Waals surface area contributed by atoms with Crippen molar-refractivity contribution in [3.63, 3.8) is 0 Å². The minimum absolute atomic E-state index is 0.0919. The monoisotopic (exact) mass is 490 g/mol. The zero-order chi connectivity index (χ0) is 24.3. The van der Waals surface area contributed by atoms with Crippen molar-refractivity contribution in [1.82, 2.24) is 18.9 Å². The molecule has 11 heteroatoms. The summed E-state index contributed by atoms with van der Waals surface area (Å²) in [6, 6.07) is 17.2. The second-order valence-electron chi connectivity index (χ2n) is 7.59. The first-order valence-electron chi connectivity index (χ1n) is 10.4. The second kappa shape index (κ2) is 9.85. The first-order chi connectivity index (χ1) is 16.3. The van der Waals surface area contributed by atoms with Crippen LogP contribution in [0.1, 0.15) is 12.0 Å². The van der Waals surface area contributed by atoms with Gasteiger partial charge in [-0.2, -0.15) is 14.9 Å². The molecule has 0 aliphatic rings. The van der Waals surface area contributed by atoms with Crippen molar-refractivity contribution in [3.8, 4) is 17.3 Å². The van der Waals surface area contributed by atoms with E-state index in [9.17, 15) is 8.42 Å². The summed E-state index contributed by atoms with van der Waals surface area (Å²) < 4.78 is 28.5. The predicted molar refractivity (Wildman–Crippen MR) is 133 cm³/mol. The number of sulfonamides is 1. The highest BCUT2D eigenvalue weighted by atomic mass is 35.5. The number of benzene rings is 2. The van der Waals surface area contributed by atoms with E-state index in [0.29, 0.717) is 46.2 Å². The Bertz CT molecular complexity index is 1500. The zero-order valence-corrected chi connectivity index (χ0v) is 19.9. The third kappa shape index (κ3) is 4.77. The van der Waals surface area contributed by atoms with Crippen LogP contribution >= 0.6 is 11.6 Å². The summed E-state index contributed by atoms with van der Waals surface area (Å²) in [5.74, 6) is 0.656. The van der Waals surface area contributed by atoms with Crippen LogP contribution in [-0.4, -0.2) is 55.3 Å². The Morgan fingerprint density at radius 1 is 1.21 bits per heavy atom. The first-order valence-corrected chi connectivity index (χ1v) is 12.2. The maximum Gasteiger partial charge on any atom is 0.242 e. The van der Waals surface area contributed by atoms with Crippen molar-refractivity contribution in [2.45, 2.75) is 11.3 Å². The predicted octanol–water partition coefficient (Wildman–Crippen LogP) is 2.84. The van der Waals surface area contributed by atoms with Gasteiger partial charge in [-0.05, 0) is 36.1 Å². The van der Waals surface area contributed by atoms with Crippen LogP contribution in [-0.2, 0) is 10.0 Å². The Labute approximate surface area is 204 Å². The lowest BCUT2D eigenvalue weighted by atomic mass is 10.0. The topological polar surface area (TPSA) is 103 Å². The molecule has 0 aliphatic heterocycles. The smallest absolute Gasteiger partial charge is 0.242 e. The molecule has 0 saturated heterocycles. The number of hydrogen-bond donors (Lipinski definition) is 1. The molecule has 170 valence electrons. The van der Waals surface area contributed by atoms with Gasteiger partial charge in [0.15, 0.2) is 5.65 Å². The standard InChI is InChI=1S/C23H20BClN6O2S/c1-30(34(32,33)17-7-4-6-16(12-17)14-26)11-5-10-27-22-13-21(18-8-2-3-9-20(18)25)29-23-19(24)15-28-31(22)23/h2-4,6-9,12-13,15,27H,5,10-11H2,1H3. The van der Waals surface area contributed by atoms with Crippen LogP contribution < -0.4 is 10.8 Å². The molecule has 4 aromatic rings. The molecular weight excluding hydrogens is 471 g/mol. The molecule has 2 radical (unpaired) electrons. The molecule has 0 amide bonds. The average Bonchev–Trinajstić information content (AvgIpc) is 3.22. The van der Waals surface area contributed by atoms with Gasteiger partial charge in [0, 0.05) is 43.0 Å². The highest BCUT2D eigenvalue weighted by Gasteiger charge is 2.20. The SMILES string of the molecule is [B]c1cnn2c(NCCCN(C)S(=O)(=O)c3cccc(C#N)c3)cc(-c3ccccc3Cl)nc12. The van der Waals surface area contributed by atoms with Gasteiger partial charge in [0.25, 0.3) is 0 Å². The number of nitrogens with zero attached hydrogens (tertiary/aromatic N) is 5. The van der Waals surface area contributed by atoms with E-state index in [0.717, 1.165) is 5.56 Å². The highest BCUT2D eigenvalue weighted by molar-refractivity contribution is 7.89. The molecule has 0 fully saturated rings. The minimum atomic E-state index is -3.70. The van der Waals surface area contributed by atoms with E-state index < -0.39 is 10.0 Å². The Balaban J connectivity index is 1.49. The van der Waals surface area contributed by atoms with Crippen LogP contribution in [0.3, 0.4) is 0 Å². The Morgan fingerprint density at radius 2 is 2.00 bits per heavy atom. The lowest BCUT2D eigenvalue weighted by Gasteiger charge is -2.18. The van der Waals surface area contributed by atoms with Crippen LogP contribution in [0.4, 0.5) is 5.82 Å². The number of anilines is 1. The number of rotatable bonds is 8. The Morgan fingerprint density at radius 3 is 2.76 bits per heavy atom. The molecule has 0 spiro atoms. The fourth-order valence-corrected chi connectivity index (χ4v) is 4.95. The van der Waals surface area contributed by atoms with Crippen molar-refractivity contribution in [1.29, 1.82) is 5.26 Å². The van der Waals surface area contributed by atoms with Crippen LogP contribution in [0.25, 0.3) is 16.9 Å². The van der Waals surface area contributed by atoms with E-state index in [1.807, 2.05) is 30.3 Å². The van der Waals surface area contributed by atoms with E-state index >= 15 is 0 Å². The van der Waals surface area contributed by atoms with Crippen molar-refractivity contribution in [3.05, 3.63) is 71.4 Å². The number of aromatic nitrogens is 3. The van der Waals surface area contributed by atoms with Crippen molar-refractivity contribution in [2.75, 3.05) is 25.5 Å². The molecule has 2 aromatic heterocycles. The molecule has 0 unspecified atom stereocenters. The summed E-state index contributed by atoms with van der Waals surface area (Å²) in [7, 11) is 3.87. The molecule has 2 heterocycles. The Kier molecular flexibility index (Phi) is 6.88. The van der Waals surface area contributed by atoms with Crippen molar-refractivity contribution < 1.29 is 8.42 Å². The largest absolute Gasteiger partial charge is 0.370 e. The quantitative estimate of drug-likeness (QED) is 0.301. The van der Waals surface area contributed by atoms with E-state index in [2.05, 4.69) is 15.4 Å². The molecule has 0 aliphatic carbocycles. The number of fused-ring (bicyclic) bond motifs is 1. The summed E-state index contributed by atoms with van der Waals surface area (Å²) in [5, 5.41) is 17.2. The van der Waals surface area contributed by atoms with Gasteiger partial charge in [-0.25, -0.2) is 17.7 Å². The number of nitriles is 1. The third-order valence-electron chi connectivity index (χ3n) is 5.28. The number of hydrogen-bond acceptors (Lipinski definition) is 6. The van der Waals surface area contributed by atoms with E-state index in [-0.39, 0.29) is 11.4 Å². The van der Waals surface area contributed by atoms with Gasteiger partial charge < -0.3 is 5.32 Å². The fourth-order valence-electron chi connectivity index (χ4n) is 3.46. The maximum atomic E-state index is 12.8. The second-order valence-corrected chi connectivity index (χ2v) is 10.0. The van der Waals surface area contributed by atoms with Gasteiger partial charge in [-0.3, -0.25) is 0 Å². The molecular formula is C23H20BClN6O2S. The normalized spacial score (nSPS) is 11.6. The number of nitrogens with one attached hydrogen (secondary N) is 1. The zero-order valence-electron chi connectivity index (χ0n) is 18.3. The highest BCUT2D eigenvalue weighted by Crippen LogP contribution is 2.28. The van der Waals surface area contributed by atoms with E-state index in [1.165, 1.54) is 29.7 Å². The lowest BCUT2D eigenvalue weighted by molar-refractivity contribution is 0.465. The fraction of sp³-hybridized carbons (Fsp3) is 0.174. The van der Waals surface area contributed by atoms with Gasteiger partial charge in [0.1, 0.15) is 13.7 Å². The average molecular weight is 491 g/mol. The van der Waals surface area contributed by atoms with Gasteiger partial charge in [-0.15, -0.1) is 0 Å². The summed E-state index contributed by atoms with van der Waals surface area (Å²) in [6.45, 7) is 0.748. The molecule has 0 saturated carbocycles. The maximum absolute atomic E-state index is 12.8. The van der Waals surface area contributed by atoms with Gasteiger partial charge in [-0.1, -0.05) is 35.9 Å². The van der Waals surface area contributed by atoms with Crippen molar-refractivity contribution >= 4 is 46.4 Å². The van der Waals surface area contributed by atoms with Crippen molar-refractivity contribution in [2.24, 2.45) is 0 Å². The molecule has 0 atom stereocenters. The summed E-state index contributed by atoms with van der Waals surface area (Å²) in [4.78, 5) is 4.70. The van der Waals surface area contributed by atoms with Gasteiger partial charge >= 0.3 is 0 Å². The van der Waals surface area contributed by atoms with Crippen LogP contribution in [0, 0.1) is 11.3 Å². The number of halogens is 1. The minimum Gasteiger partial charge on any atom is -0.370 e. The molecule has 34 heavy (non-hydrogen) atoms. The van der Waals surface area contributed by atoms with Gasteiger partial charge in [0.05, 0.1) is 22.2 Å². The molecule has 8 nitrogen and oxygen atoms in total. The van der Waals surface area contributed by atoms with E-state index in [4.69, 9.17) is 24.7 Å². The first kappa shape index (κ1) is 23.8. The molecule has 2 aromatic carbocycles. The molecule has 4 rings (SSSR count). The van der Waals surface area contributed by atoms with Crippen LogP contribution in [0.2, 0.25) is 5.02 Å². The molecule has 0 bridgehead atoms. The summed E-state index contributed by atoms with van der Waals surface area (Å²) >= 11 is 6.36. The van der Waals surface area contributed by atoms with Gasteiger partial charge in [0.2, 0.25) is 10.0 Å².